The van der Waals surface area contributed by atoms with Crippen LogP contribution < -0.4 is 10.3 Å². The van der Waals surface area contributed by atoms with Crippen LogP contribution in [0.5, 0.6) is 5.88 Å². The van der Waals surface area contributed by atoms with E-state index in [-0.39, 0.29) is 39.3 Å². The van der Waals surface area contributed by atoms with Gasteiger partial charge in [0.2, 0.25) is 5.88 Å². The lowest BCUT2D eigenvalue weighted by Crippen LogP contribution is -2.24. The van der Waals surface area contributed by atoms with Gasteiger partial charge in [0.25, 0.3) is 5.56 Å². The molecule has 36 heavy (non-hydrogen) atoms. The quantitative estimate of drug-likeness (QED) is 0.347. The highest BCUT2D eigenvalue weighted by atomic mass is 79.9. The molecule has 3 heterocycles. The first-order chi connectivity index (χ1) is 17.0. The average Bonchev–Trinajstić information content (AvgIpc) is 2.82. The van der Waals surface area contributed by atoms with E-state index in [0.29, 0.717) is 23.0 Å². The van der Waals surface area contributed by atoms with E-state index in [0.717, 1.165) is 6.20 Å². The third kappa shape index (κ3) is 5.28. The molecular formula is C24H19BrClF2N5O3. The summed E-state index contributed by atoms with van der Waals surface area (Å²) in [6.07, 6.45) is 2.40. The summed E-state index contributed by atoms with van der Waals surface area (Å²) in [4.78, 5) is 29.8. The normalized spacial score (nSPS) is 11.6. The third-order valence-electron chi connectivity index (χ3n) is 5.08. The third-order valence-corrected chi connectivity index (χ3v) is 6.08. The van der Waals surface area contributed by atoms with Crippen molar-refractivity contribution in [3.63, 3.8) is 0 Å². The van der Waals surface area contributed by atoms with Gasteiger partial charge in [-0.25, -0.2) is 18.7 Å². The van der Waals surface area contributed by atoms with E-state index < -0.39 is 22.8 Å². The topological polar surface area (TPSA) is 103 Å². The van der Waals surface area contributed by atoms with Crippen molar-refractivity contribution in [3.8, 4) is 22.8 Å². The van der Waals surface area contributed by atoms with Crippen LogP contribution in [-0.2, 0) is 12.2 Å². The van der Waals surface area contributed by atoms with Gasteiger partial charge in [0.15, 0.2) is 11.6 Å². The monoisotopic (exact) mass is 577 g/mol. The van der Waals surface area contributed by atoms with Crippen LogP contribution in [0.2, 0.25) is 5.02 Å². The van der Waals surface area contributed by atoms with Crippen LogP contribution in [0.1, 0.15) is 31.2 Å². The van der Waals surface area contributed by atoms with Crippen molar-refractivity contribution >= 4 is 27.5 Å². The second-order valence-corrected chi connectivity index (χ2v) is 9.48. The lowest BCUT2D eigenvalue weighted by Gasteiger charge is -2.17. The number of hydrogen-bond acceptors (Lipinski definition) is 7. The first-order valence-electron chi connectivity index (χ1n) is 10.5. The first kappa shape index (κ1) is 25.8. The van der Waals surface area contributed by atoms with Crippen LogP contribution in [0.25, 0.3) is 16.9 Å². The summed E-state index contributed by atoms with van der Waals surface area (Å²) >= 11 is 9.64. The lowest BCUT2D eigenvalue weighted by molar-refractivity contribution is 0.0688. The molecule has 0 aliphatic rings. The number of rotatable bonds is 6. The lowest BCUT2D eigenvalue weighted by atomic mass is 10.1. The molecule has 1 N–H and O–H groups in total. The number of aromatic nitrogens is 5. The summed E-state index contributed by atoms with van der Waals surface area (Å²) in [5.41, 5.74) is -0.419. The molecule has 0 atom stereocenters. The predicted octanol–water partition coefficient (Wildman–Crippen LogP) is 4.89. The molecule has 4 rings (SSSR count). The number of aryl methyl sites for hydroxylation is 1. The Balaban J connectivity index is 1.72. The molecule has 4 aromatic rings. The predicted molar refractivity (Wildman–Crippen MR) is 132 cm³/mol. The summed E-state index contributed by atoms with van der Waals surface area (Å²) in [6.45, 7) is 4.37. The van der Waals surface area contributed by atoms with Crippen molar-refractivity contribution in [3.05, 3.63) is 91.6 Å². The fourth-order valence-corrected chi connectivity index (χ4v) is 3.89. The molecule has 0 saturated carbocycles. The molecule has 0 fully saturated rings. The number of pyridine rings is 1. The maximum atomic E-state index is 13.9. The molecule has 0 spiro atoms. The van der Waals surface area contributed by atoms with Gasteiger partial charge >= 0.3 is 0 Å². The minimum absolute atomic E-state index is 0.0246. The summed E-state index contributed by atoms with van der Waals surface area (Å²) < 4.78 is 33.7. The number of halogens is 4. The van der Waals surface area contributed by atoms with Gasteiger partial charge in [-0.1, -0.05) is 17.7 Å². The zero-order valence-electron chi connectivity index (χ0n) is 19.3. The highest BCUT2D eigenvalue weighted by molar-refractivity contribution is 9.10. The van der Waals surface area contributed by atoms with Gasteiger partial charge < -0.3 is 9.84 Å². The second kappa shape index (κ2) is 10.00. The molecular weight excluding hydrogens is 560 g/mol. The molecule has 0 amide bonds. The molecule has 0 unspecified atom stereocenters. The van der Waals surface area contributed by atoms with Crippen LogP contribution in [0.15, 0.2) is 52.0 Å². The van der Waals surface area contributed by atoms with Crippen LogP contribution in [-0.4, -0.2) is 29.6 Å². The van der Waals surface area contributed by atoms with Gasteiger partial charge in [0.05, 0.1) is 22.6 Å². The highest BCUT2D eigenvalue weighted by Gasteiger charge is 2.21. The van der Waals surface area contributed by atoms with Crippen molar-refractivity contribution in [1.82, 2.24) is 24.5 Å². The maximum Gasteiger partial charge on any atom is 0.276 e. The summed E-state index contributed by atoms with van der Waals surface area (Å²) in [6, 6.07) is 7.37. The second-order valence-electron chi connectivity index (χ2n) is 8.28. The molecule has 1 aromatic carbocycles. The average molecular weight is 579 g/mol. The molecule has 0 bridgehead atoms. The summed E-state index contributed by atoms with van der Waals surface area (Å²) in [5.74, 6) is -1.30. The van der Waals surface area contributed by atoms with Gasteiger partial charge in [-0.2, -0.15) is 4.98 Å². The van der Waals surface area contributed by atoms with Crippen molar-refractivity contribution in [1.29, 1.82) is 0 Å². The fraction of sp³-hybridized carbons (Fsp3) is 0.208. The van der Waals surface area contributed by atoms with Crippen molar-refractivity contribution in [2.24, 2.45) is 0 Å². The molecule has 0 saturated heterocycles. The standard InChI is InChI=1S/C24H19BrClF2N5O3/c1-12-31-21(36-11-18-16(28)9-14(27)10-30-18)20(25)22(34)33(12)19-8-13(4-5-15(19)26)17-6-7-29-23(32-17)24(2,3)35/h4-10,35H,11H2,1-3H3. The Kier molecular flexibility index (Phi) is 7.17. The molecule has 186 valence electrons. The molecule has 12 heteroatoms. The van der Waals surface area contributed by atoms with Crippen molar-refractivity contribution < 1.29 is 18.6 Å². The van der Waals surface area contributed by atoms with Gasteiger partial charge in [-0.15, -0.1) is 0 Å². The Labute approximate surface area is 217 Å². The maximum absolute atomic E-state index is 13.9. The number of benzene rings is 1. The zero-order chi connectivity index (χ0) is 26.2. The summed E-state index contributed by atoms with van der Waals surface area (Å²) in [5, 5.41) is 10.5. The van der Waals surface area contributed by atoms with E-state index in [4.69, 9.17) is 16.3 Å². The van der Waals surface area contributed by atoms with Crippen molar-refractivity contribution in [2.45, 2.75) is 33.0 Å². The Hall–Kier alpha value is -3.28. The minimum atomic E-state index is -1.24. The van der Waals surface area contributed by atoms with Crippen molar-refractivity contribution in [2.75, 3.05) is 0 Å². The Bertz CT molecular complexity index is 1530. The molecule has 0 aliphatic carbocycles. The van der Waals surface area contributed by atoms with Crippen LogP contribution in [0.4, 0.5) is 8.78 Å². The number of aliphatic hydroxyl groups is 1. The smallest absolute Gasteiger partial charge is 0.276 e. The Morgan fingerprint density at radius 2 is 1.92 bits per heavy atom. The fourth-order valence-electron chi connectivity index (χ4n) is 3.31. The molecule has 8 nitrogen and oxygen atoms in total. The van der Waals surface area contributed by atoms with E-state index in [1.54, 1.807) is 45.0 Å². The molecule has 3 aromatic heterocycles. The van der Waals surface area contributed by atoms with E-state index in [9.17, 15) is 18.7 Å². The van der Waals surface area contributed by atoms with Gasteiger partial charge in [0, 0.05) is 17.8 Å². The first-order valence-corrected chi connectivity index (χ1v) is 11.7. The Morgan fingerprint density at radius 1 is 1.17 bits per heavy atom. The van der Waals surface area contributed by atoms with E-state index in [1.165, 1.54) is 10.8 Å². The van der Waals surface area contributed by atoms with Gasteiger partial charge in [-0.05, 0) is 54.9 Å². The van der Waals surface area contributed by atoms with Crippen LogP contribution in [0, 0.1) is 18.6 Å². The largest absolute Gasteiger partial charge is 0.470 e. The number of hydrogen-bond donors (Lipinski definition) is 1. The number of ether oxygens (including phenoxy) is 1. The van der Waals surface area contributed by atoms with E-state index >= 15 is 0 Å². The number of nitrogens with zero attached hydrogens (tertiary/aromatic N) is 5. The Morgan fingerprint density at radius 3 is 2.61 bits per heavy atom. The SMILES string of the molecule is Cc1nc(OCc2ncc(F)cc2F)c(Br)c(=O)n1-c1cc(-c2ccnc(C(C)(C)O)n2)ccc1Cl. The summed E-state index contributed by atoms with van der Waals surface area (Å²) in [7, 11) is 0. The van der Waals surface area contributed by atoms with Crippen LogP contribution >= 0.6 is 27.5 Å². The highest BCUT2D eigenvalue weighted by Crippen LogP contribution is 2.29. The zero-order valence-corrected chi connectivity index (χ0v) is 21.6. The van der Waals surface area contributed by atoms with Gasteiger partial charge in [0.1, 0.15) is 34.0 Å². The minimum Gasteiger partial charge on any atom is -0.470 e. The van der Waals surface area contributed by atoms with Gasteiger partial charge in [-0.3, -0.25) is 14.3 Å². The van der Waals surface area contributed by atoms with E-state index in [1.807, 2.05) is 0 Å². The van der Waals surface area contributed by atoms with Crippen LogP contribution in [0.3, 0.4) is 0 Å². The molecule has 0 aliphatic heterocycles. The van der Waals surface area contributed by atoms with E-state index in [2.05, 4.69) is 35.9 Å². The molecule has 0 radical (unpaired) electrons.